The molecule has 0 radical (unpaired) electrons. The lowest BCUT2D eigenvalue weighted by atomic mass is 10.0. The molecule has 0 saturated heterocycles. The van der Waals surface area contributed by atoms with Gasteiger partial charge in [0, 0.05) is 14.6 Å². The van der Waals surface area contributed by atoms with E-state index in [2.05, 4.69) is 92.6 Å². The summed E-state index contributed by atoms with van der Waals surface area (Å²) in [6.07, 6.45) is 2.27. The third kappa shape index (κ3) is 4.08. The van der Waals surface area contributed by atoms with Crippen LogP contribution in [0.3, 0.4) is 0 Å². The number of hydrogen-bond acceptors (Lipinski definition) is 1. The van der Waals surface area contributed by atoms with E-state index in [-0.39, 0.29) is 0 Å². The van der Waals surface area contributed by atoms with E-state index < -0.39 is 0 Å². The molecule has 0 aliphatic heterocycles. The Balaban J connectivity index is 2.21. The van der Waals surface area contributed by atoms with Crippen LogP contribution in [0.4, 0.5) is 5.69 Å². The molecule has 100 valence electrons. The average molecular weight is 383 g/mol. The summed E-state index contributed by atoms with van der Waals surface area (Å²) in [5.41, 5.74) is 2.46. The molecular formula is C16H17Br2N. The van der Waals surface area contributed by atoms with Gasteiger partial charge >= 0.3 is 0 Å². The van der Waals surface area contributed by atoms with Crippen LogP contribution in [0.25, 0.3) is 0 Å². The molecule has 0 aliphatic carbocycles. The maximum absolute atomic E-state index is 3.62. The van der Waals surface area contributed by atoms with Gasteiger partial charge < -0.3 is 5.32 Å². The Morgan fingerprint density at radius 3 is 2.42 bits per heavy atom. The Hall–Kier alpha value is -0.800. The van der Waals surface area contributed by atoms with E-state index in [0.29, 0.717) is 6.04 Å². The maximum Gasteiger partial charge on any atom is 0.0514 e. The van der Waals surface area contributed by atoms with Crippen molar-refractivity contribution in [2.45, 2.75) is 25.8 Å². The van der Waals surface area contributed by atoms with Crippen molar-refractivity contribution in [3.8, 4) is 0 Å². The van der Waals surface area contributed by atoms with E-state index in [1.807, 2.05) is 0 Å². The zero-order valence-electron chi connectivity index (χ0n) is 10.9. The highest BCUT2D eigenvalue weighted by atomic mass is 79.9. The molecule has 2 rings (SSSR count). The molecule has 0 heterocycles. The van der Waals surface area contributed by atoms with Gasteiger partial charge in [-0.25, -0.2) is 0 Å². The van der Waals surface area contributed by atoms with E-state index in [4.69, 9.17) is 0 Å². The summed E-state index contributed by atoms with van der Waals surface area (Å²) < 4.78 is 2.16. The fraction of sp³-hybridized carbons (Fsp3) is 0.250. The van der Waals surface area contributed by atoms with Gasteiger partial charge in [0.2, 0.25) is 0 Å². The molecule has 0 spiro atoms. The summed E-state index contributed by atoms with van der Waals surface area (Å²) in [5, 5.41) is 3.62. The summed E-state index contributed by atoms with van der Waals surface area (Å²) in [5.74, 6) is 0. The highest BCUT2D eigenvalue weighted by molar-refractivity contribution is 9.11. The van der Waals surface area contributed by atoms with Crippen LogP contribution < -0.4 is 5.32 Å². The summed E-state index contributed by atoms with van der Waals surface area (Å²) in [6, 6.07) is 17.2. The molecule has 0 aromatic heterocycles. The van der Waals surface area contributed by atoms with Crippen molar-refractivity contribution in [1.29, 1.82) is 0 Å². The Morgan fingerprint density at radius 1 is 1.05 bits per heavy atom. The number of nitrogens with one attached hydrogen (secondary N) is 1. The zero-order valence-corrected chi connectivity index (χ0v) is 14.0. The minimum atomic E-state index is 0.351. The Kier molecular flexibility index (Phi) is 5.46. The molecule has 1 N–H and O–H groups in total. The minimum Gasteiger partial charge on any atom is -0.377 e. The standard InChI is InChI=1S/C16H17Br2N/c1-2-6-15(12-7-4-3-5-8-12)19-16-10-9-13(17)11-14(16)18/h3-5,7-11,15,19H,2,6H2,1H3. The third-order valence-electron chi connectivity index (χ3n) is 3.04. The monoisotopic (exact) mass is 381 g/mol. The number of halogens is 2. The summed E-state index contributed by atoms with van der Waals surface area (Å²) >= 11 is 7.09. The first-order chi connectivity index (χ1) is 9.20. The molecule has 0 saturated carbocycles. The van der Waals surface area contributed by atoms with Crippen molar-refractivity contribution in [1.82, 2.24) is 0 Å². The quantitative estimate of drug-likeness (QED) is 0.652. The third-order valence-corrected chi connectivity index (χ3v) is 4.19. The van der Waals surface area contributed by atoms with Crippen LogP contribution in [-0.4, -0.2) is 0 Å². The Morgan fingerprint density at radius 2 is 1.79 bits per heavy atom. The van der Waals surface area contributed by atoms with Crippen LogP contribution in [0.15, 0.2) is 57.5 Å². The number of benzene rings is 2. The molecule has 0 aliphatic rings. The first-order valence-electron chi connectivity index (χ1n) is 6.47. The van der Waals surface area contributed by atoms with Crippen molar-refractivity contribution in [3.63, 3.8) is 0 Å². The van der Waals surface area contributed by atoms with Gasteiger partial charge in [-0.2, -0.15) is 0 Å². The van der Waals surface area contributed by atoms with Crippen LogP contribution >= 0.6 is 31.9 Å². The molecule has 2 aromatic carbocycles. The smallest absolute Gasteiger partial charge is 0.0514 e. The summed E-state index contributed by atoms with van der Waals surface area (Å²) in [7, 11) is 0. The van der Waals surface area contributed by atoms with Crippen molar-refractivity contribution < 1.29 is 0 Å². The van der Waals surface area contributed by atoms with Crippen molar-refractivity contribution >= 4 is 37.5 Å². The molecule has 19 heavy (non-hydrogen) atoms. The Bertz CT molecular complexity index is 526. The second-order valence-corrected chi connectivity index (χ2v) is 6.29. The lowest BCUT2D eigenvalue weighted by Crippen LogP contribution is -2.10. The predicted octanol–water partition coefficient (Wildman–Crippen LogP) is 6.16. The molecule has 1 unspecified atom stereocenters. The normalized spacial score (nSPS) is 12.2. The Labute approximate surface area is 131 Å². The van der Waals surface area contributed by atoms with E-state index in [0.717, 1.165) is 27.5 Å². The summed E-state index contributed by atoms with van der Waals surface area (Å²) in [6.45, 7) is 2.22. The predicted molar refractivity (Wildman–Crippen MR) is 89.6 cm³/mol. The molecule has 2 aromatic rings. The summed E-state index contributed by atoms with van der Waals surface area (Å²) in [4.78, 5) is 0. The first kappa shape index (κ1) is 14.6. The molecule has 0 bridgehead atoms. The van der Waals surface area contributed by atoms with Gasteiger partial charge in [-0.15, -0.1) is 0 Å². The molecule has 1 atom stereocenters. The van der Waals surface area contributed by atoms with Crippen LogP contribution in [0, 0.1) is 0 Å². The van der Waals surface area contributed by atoms with E-state index in [1.54, 1.807) is 0 Å². The zero-order chi connectivity index (χ0) is 13.7. The largest absolute Gasteiger partial charge is 0.377 e. The second-order valence-electron chi connectivity index (χ2n) is 4.52. The molecule has 0 amide bonds. The van der Waals surface area contributed by atoms with Crippen LogP contribution in [0.5, 0.6) is 0 Å². The van der Waals surface area contributed by atoms with Gasteiger partial charge in [0.1, 0.15) is 0 Å². The van der Waals surface area contributed by atoms with Gasteiger partial charge in [-0.3, -0.25) is 0 Å². The highest BCUT2D eigenvalue weighted by Gasteiger charge is 2.11. The SMILES string of the molecule is CCCC(Nc1ccc(Br)cc1Br)c1ccccc1. The second kappa shape index (κ2) is 7.11. The first-order valence-corrected chi connectivity index (χ1v) is 8.06. The van der Waals surface area contributed by atoms with Crippen LogP contribution in [0.2, 0.25) is 0 Å². The van der Waals surface area contributed by atoms with Gasteiger partial charge in [0.15, 0.2) is 0 Å². The van der Waals surface area contributed by atoms with Gasteiger partial charge in [0.25, 0.3) is 0 Å². The fourth-order valence-electron chi connectivity index (χ4n) is 2.09. The van der Waals surface area contributed by atoms with Gasteiger partial charge in [-0.05, 0) is 46.1 Å². The van der Waals surface area contributed by atoms with E-state index >= 15 is 0 Å². The molecular weight excluding hydrogens is 366 g/mol. The molecule has 1 nitrogen and oxygen atoms in total. The lowest BCUT2D eigenvalue weighted by molar-refractivity contribution is 0.677. The fourth-order valence-corrected chi connectivity index (χ4v) is 3.25. The minimum absolute atomic E-state index is 0.351. The maximum atomic E-state index is 3.62. The number of rotatable bonds is 5. The van der Waals surface area contributed by atoms with Crippen molar-refractivity contribution in [2.24, 2.45) is 0 Å². The lowest BCUT2D eigenvalue weighted by Gasteiger charge is -2.21. The molecule has 0 fully saturated rings. The van der Waals surface area contributed by atoms with Crippen molar-refractivity contribution in [3.05, 3.63) is 63.0 Å². The van der Waals surface area contributed by atoms with Gasteiger partial charge in [0.05, 0.1) is 6.04 Å². The van der Waals surface area contributed by atoms with E-state index in [9.17, 15) is 0 Å². The van der Waals surface area contributed by atoms with Crippen LogP contribution in [-0.2, 0) is 0 Å². The van der Waals surface area contributed by atoms with Crippen molar-refractivity contribution in [2.75, 3.05) is 5.32 Å². The number of hydrogen-bond donors (Lipinski definition) is 1. The topological polar surface area (TPSA) is 12.0 Å². The molecule has 3 heteroatoms. The van der Waals surface area contributed by atoms with Gasteiger partial charge in [-0.1, -0.05) is 59.6 Å². The van der Waals surface area contributed by atoms with Crippen LogP contribution in [0.1, 0.15) is 31.4 Å². The van der Waals surface area contributed by atoms with E-state index in [1.165, 1.54) is 5.56 Å². The highest BCUT2D eigenvalue weighted by Crippen LogP contribution is 2.31. The number of anilines is 1. The average Bonchev–Trinajstić information content (AvgIpc) is 2.42.